The summed E-state index contributed by atoms with van der Waals surface area (Å²) in [5.41, 5.74) is 0. The molecule has 2 N–H and O–H groups in total. The number of hydrogen-bond donors (Lipinski definition) is 2. The molecule has 1 rings (SSSR count). The zero-order valence-electron chi connectivity index (χ0n) is 13.3. The molecule has 0 saturated carbocycles. The molecule has 6 heteroatoms. The van der Waals surface area contributed by atoms with Crippen molar-refractivity contribution >= 4 is 34.5 Å². The van der Waals surface area contributed by atoms with Crippen LogP contribution in [-0.4, -0.2) is 47.9 Å². The summed E-state index contributed by atoms with van der Waals surface area (Å²) < 4.78 is 0. The van der Waals surface area contributed by atoms with Crippen LogP contribution in [0.3, 0.4) is 0 Å². The van der Waals surface area contributed by atoms with Crippen molar-refractivity contribution in [2.24, 2.45) is 9.98 Å². The number of aliphatic hydroxyl groups excluding tert-OH is 1. The molecular weight excluding hydrogens is 294 g/mol. The Morgan fingerprint density at radius 1 is 1.40 bits per heavy atom. The molecule has 0 amide bonds. The first-order valence-corrected chi connectivity index (χ1v) is 8.30. The van der Waals surface area contributed by atoms with Gasteiger partial charge in [-0.1, -0.05) is 20.3 Å². The minimum atomic E-state index is 0.250. The number of aliphatic hydroxyl groups is 1. The molecule has 1 aliphatic rings. The highest BCUT2D eigenvalue weighted by molar-refractivity contribution is 7.99. The Bertz CT molecular complexity index is 247. The van der Waals surface area contributed by atoms with E-state index in [4.69, 9.17) is 16.7 Å². The summed E-state index contributed by atoms with van der Waals surface area (Å²) in [7, 11) is 1.75. The van der Waals surface area contributed by atoms with Crippen molar-refractivity contribution in [3.05, 3.63) is 13.2 Å². The number of aliphatic imine (C=N–C) groups is 2. The van der Waals surface area contributed by atoms with E-state index in [0.717, 1.165) is 30.3 Å². The second-order valence-corrected chi connectivity index (χ2v) is 4.86. The monoisotopic (exact) mass is 323 g/mol. The molecule has 0 aliphatic carbocycles. The van der Waals surface area contributed by atoms with Gasteiger partial charge in [0.1, 0.15) is 5.84 Å². The van der Waals surface area contributed by atoms with E-state index in [9.17, 15) is 0 Å². The Kier molecular flexibility index (Phi) is 28.9. The van der Waals surface area contributed by atoms with Crippen molar-refractivity contribution in [3.63, 3.8) is 0 Å². The summed E-state index contributed by atoms with van der Waals surface area (Å²) in [5, 5.41) is 11.0. The van der Waals surface area contributed by atoms with Gasteiger partial charge in [-0.05, 0) is 30.7 Å². The van der Waals surface area contributed by atoms with Gasteiger partial charge < -0.3 is 10.4 Å². The summed E-state index contributed by atoms with van der Waals surface area (Å²) >= 11 is 7.64. The smallest absolute Gasteiger partial charge is 0.196 e. The molecule has 0 aromatic heterocycles. The standard InChI is InChI=1S/C7H12ClN3S.C3H8.C2H6O.C2H4/c1-9-6-5-12-4-2-3-10-7(8)11-6;1-3-2;1-2-3;1-2/h2-5H2,1H3,(H,9,10,11);3H2,1-2H3;3H,2H2,1H3;1-2H2. The third kappa shape index (κ3) is 22.6. The van der Waals surface area contributed by atoms with E-state index in [1.165, 1.54) is 6.42 Å². The van der Waals surface area contributed by atoms with Gasteiger partial charge in [-0.25, -0.2) is 0 Å². The number of nitrogens with one attached hydrogen (secondary N) is 1. The number of thioether (sulfide) groups is 1. The van der Waals surface area contributed by atoms with Crippen LogP contribution in [0.15, 0.2) is 23.1 Å². The second kappa shape index (κ2) is 23.6. The molecule has 0 atom stereocenters. The van der Waals surface area contributed by atoms with Crippen LogP contribution >= 0.6 is 23.4 Å². The number of hydrogen-bond acceptors (Lipinski definition) is 4. The quantitative estimate of drug-likeness (QED) is 0.529. The predicted molar refractivity (Wildman–Crippen MR) is 96.6 cm³/mol. The summed E-state index contributed by atoms with van der Waals surface area (Å²) in [4.78, 5) is 8.18. The third-order valence-corrected chi connectivity index (χ3v) is 2.72. The average Bonchev–Trinajstić information content (AvgIpc) is 2.54. The number of rotatable bonds is 0. The molecule has 0 radical (unpaired) electrons. The molecule has 1 heterocycles. The van der Waals surface area contributed by atoms with Crippen LogP contribution in [0.5, 0.6) is 0 Å². The zero-order valence-corrected chi connectivity index (χ0v) is 14.9. The normalized spacial score (nSPS) is 16.1. The Labute approximate surface area is 133 Å². The largest absolute Gasteiger partial charge is 0.397 e. The van der Waals surface area contributed by atoms with Gasteiger partial charge in [-0.2, -0.15) is 11.8 Å². The van der Waals surface area contributed by atoms with Crippen molar-refractivity contribution in [2.75, 3.05) is 31.7 Å². The average molecular weight is 324 g/mol. The molecule has 0 fully saturated rings. The fourth-order valence-electron chi connectivity index (χ4n) is 0.828. The highest BCUT2D eigenvalue weighted by Gasteiger charge is 2.03. The van der Waals surface area contributed by atoms with Gasteiger partial charge >= 0.3 is 0 Å². The van der Waals surface area contributed by atoms with Crippen molar-refractivity contribution < 1.29 is 5.11 Å². The minimum Gasteiger partial charge on any atom is -0.397 e. The SMILES string of the molecule is C=C.CCC.CCO.CN=C1CSCCCN=C(Cl)N1. The summed E-state index contributed by atoms with van der Waals surface area (Å²) in [6.45, 7) is 13.0. The summed E-state index contributed by atoms with van der Waals surface area (Å²) in [6, 6.07) is 0. The molecule has 120 valence electrons. The van der Waals surface area contributed by atoms with Gasteiger partial charge in [0.15, 0.2) is 5.29 Å². The Balaban J connectivity index is -0.000000304. The molecule has 0 unspecified atom stereocenters. The molecule has 0 saturated heterocycles. The zero-order chi connectivity index (χ0) is 16.2. The maximum Gasteiger partial charge on any atom is 0.196 e. The summed E-state index contributed by atoms with van der Waals surface area (Å²) in [5.74, 6) is 2.91. The molecule has 0 bridgehead atoms. The molecular formula is C14H30ClN3OS. The number of amidine groups is 2. The van der Waals surface area contributed by atoms with E-state index < -0.39 is 0 Å². The van der Waals surface area contributed by atoms with Crippen molar-refractivity contribution in [2.45, 2.75) is 33.6 Å². The van der Waals surface area contributed by atoms with Crippen LogP contribution < -0.4 is 5.32 Å². The highest BCUT2D eigenvalue weighted by Crippen LogP contribution is 2.05. The molecule has 0 aromatic carbocycles. The van der Waals surface area contributed by atoms with Gasteiger partial charge in [0, 0.05) is 20.2 Å². The second-order valence-electron chi connectivity index (χ2n) is 3.40. The van der Waals surface area contributed by atoms with Crippen LogP contribution in [0.4, 0.5) is 0 Å². The van der Waals surface area contributed by atoms with E-state index in [0.29, 0.717) is 5.29 Å². The van der Waals surface area contributed by atoms with E-state index in [-0.39, 0.29) is 6.61 Å². The van der Waals surface area contributed by atoms with Crippen LogP contribution in [-0.2, 0) is 0 Å². The van der Waals surface area contributed by atoms with E-state index in [1.54, 1.807) is 14.0 Å². The maximum atomic E-state index is 7.57. The lowest BCUT2D eigenvalue weighted by Crippen LogP contribution is -2.28. The molecule has 4 nitrogen and oxygen atoms in total. The first-order valence-electron chi connectivity index (χ1n) is 6.77. The van der Waals surface area contributed by atoms with Gasteiger partial charge in [-0.15, -0.1) is 13.2 Å². The topological polar surface area (TPSA) is 57.0 Å². The van der Waals surface area contributed by atoms with Crippen LogP contribution in [0.2, 0.25) is 0 Å². The lowest BCUT2D eigenvalue weighted by molar-refractivity contribution is 0.318. The van der Waals surface area contributed by atoms with Crippen LogP contribution in [0.25, 0.3) is 0 Å². The Morgan fingerprint density at radius 3 is 2.35 bits per heavy atom. The molecule has 1 aliphatic heterocycles. The highest BCUT2D eigenvalue weighted by atomic mass is 35.5. The van der Waals surface area contributed by atoms with Gasteiger partial charge in [-0.3, -0.25) is 9.98 Å². The van der Waals surface area contributed by atoms with Crippen LogP contribution in [0.1, 0.15) is 33.6 Å². The van der Waals surface area contributed by atoms with Gasteiger partial charge in [0.05, 0.1) is 5.75 Å². The van der Waals surface area contributed by atoms with E-state index >= 15 is 0 Å². The summed E-state index contributed by atoms with van der Waals surface area (Å²) in [6.07, 6.45) is 2.33. The van der Waals surface area contributed by atoms with Gasteiger partial charge in [0.2, 0.25) is 0 Å². The molecule has 0 aromatic rings. The van der Waals surface area contributed by atoms with E-state index in [2.05, 4.69) is 42.3 Å². The molecule has 20 heavy (non-hydrogen) atoms. The maximum absolute atomic E-state index is 7.57. The number of halogens is 1. The first kappa shape index (κ1) is 24.5. The number of nitrogens with zero attached hydrogens (tertiary/aromatic N) is 2. The Hall–Kier alpha value is -0.520. The van der Waals surface area contributed by atoms with Crippen molar-refractivity contribution in [1.82, 2.24) is 5.32 Å². The lowest BCUT2D eigenvalue weighted by atomic mass is 10.5. The molecule has 0 spiro atoms. The Morgan fingerprint density at radius 2 is 1.90 bits per heavy atom. The fraction of sp³-hybridized carbons (Fsp3) is 0.714. The van der Waals surface area contributed by atoms with Crippen LogP contribution in [0, 0.1) is 0 Å². The minimum absolute atomic E-state index is 0.250. The first-order chi connectivity index (χ1) is 9.65. The fourth-order valence-corrected chi connectivity index (χ4v) is 1.89. The van der Waals surface area contributed by atoms with Gasteiger partial charge in [0.25, 0.3) is 0 Å². The third-order valence-electron chi connectivity index (χ3n) is 1.45. The predicted octanol–water partition coefficient (Wildman–Crippen LogP) is 3.55. The van der Waals surface area contributed by atoms with Crippen molar-refractivity contribution in [1.29, 1.82) is 0 Å². The van der Waals surface area contributed by atoms with E-state index in [1.807, 2.05) is 11.8 Å². The van der Waals surface area contributed by atoms with Crippen molar-refractivity contribution in [3.8, 4) is 0 Å². The lowest BCUT2D eigenvalue weighted by Gasteiger charge is -2.04.